The summed E-state index contributed by atoms with van der Waals surface area (Å²) in [5, 5.41) is 0. The minimum atomic E-state index is -1.59. The van der Waals surface area contributed by atoms with Crippen LogP contribution in [0.2, 0.25) is 6.04 Å². The van der Waals surface area contributed by atoms with E-state index in [1.54, 1.807) is 11.1 Å². The van der Waals surface area contributed by atoms with Crippen LogP contribution < -0.4 is 0 Å². The van der Waals surface area contributed by atoms with Crippen LogP contribution in [-0.2, 0) is 8.85 Å². The zero-order valence-corrected chi connectivity index (χ0v) is 15.6. The van der Waals surface area contributed by atoms with Gasteiger partial charge in [0.2, 0.25) is 0 Å². The van der Waals surface area contributed by atoms with Crippen molar-refractivity contribution in [3.63, 3.8) is 0 Å². The van der Waals surface area contributed by atoms with E-state index in [9.17, 15) is 0 Å². The standard InChI is InChI=1S/C19H30O2Si/c1-15(2)20-22(21-16(3)4)14-13-19(17-9-5-6-10-17)18-11-7-8-12-18/h5-9,11,15-16,19,22H,10,12-14H2,1-4H3. The second kappa shape index (κ2) is 8.66. The van der Waals surface area contributed by atoms with Gasteiger partial charge in [0.25, 0.3) is 0 Å². The van der Waals surface area contributed by atoms with E-state index in [-0.39, 0.29) is 12.2 Å². The van der Waals surface area contributed by atoms with Crippen LogP contribution >= 0.6 is 0 Å². The Balaban J connectivity index is 1.96. The van der Waals surface area contributed by atoms with Crippen molar-refractivity contribution in [1.29, 1.82) is 0 Å². The Kier molecular flexibility index (Phi) is 6.87. The summed E-state index contributed by atoms with van der Waals surface area (Å²) in [4.78, 5) is 0. The molecule has 0 aromatic rings. The Labute approximate surface area is 137 Å². The SMILES string of the molecule is CC(C)O[SiH](CCC(C1=CC=CC1)C1=CC=CC1)OC(C)C. The zero-order chi connectivity index (χ0) is 15.9. The lowest BCUT2D eigenvalue weighted by molar-refractivity contribution is 0.129. The highest BCUT2D eigenvalue weighted by Crippen LogP contribution is 2.35. The van der Waals surface area contributed by atoms with Gasteiger partial charge in [-0.05, 0) is 53.0 Å². The molecule has 2 nitrogen and oxygen atoms in total. The zero-order valence-electron chi connectivity index (χ0n) is 14.4. The Bertz CT molecular complexity index is 432. The van der Waals surface area contributed by atoms with Crippen molar-refractivity contribution < 1.29 is 8.85 Å². The largest absolute Gasteiger partial charge is 0.394 e. The molecule has 0 fully saturated rings. The molecule has 2 rings (SSSR count). The van der Waals surface area contributed by atoms with E-state index < -0.39 is 9.28 Å². The van der Waals surface area contributed by atoms with Gasteiger partial charge < -0.3 is 8.85 Å². The molecule has 2 aliphatic rings. The van der Waals surface area contributed by atoms with Gasteiger partial charge in [-0.25, -0.2) is 0 Å². The summed E-state index contributed by atoms with van der Waals surface area (Å²) in [7, 11) is -1.59. The summed E-state index contributed by atoms with van der Waals surface area (Å²) in [5.41, 5.74) is 3.11. The van der Waals surface area contributed by atoms with Crippen LogP contribution in [0.4, 0.5) is 0 Å². The second-order valence-electron chi connectivity index (χ2n) is 6.68. The molecule has 0 radical (unpaired) electrons. The molecule has 0 bridgehead atoms. The van der Waals surface area contributed by atoms with Gasteiger partial charge in [-0.3, -0.25) is 0 Å². The fourth-order valence-electron chi connectivity index (χ4n) is 3.13. The van der Waals surface area contributed by atoms with Gasteiger partial charge in [0, 0.05) is 18.1 Å². The maximum Gasteiger partial charge on any atom is 0.321 e. The average Bonchev–Trinajstić information content (AvgIpc) is 3.10. The second-order valence-corrected chi connectivity index (χ2v) is 8.66. The molecular formula is C19H30O2Si. The van der Waals surface area contributed by atoms with Crippen molar-refractivity contribution in [2.24, 2.45) is 5.92 Å². The molecule has 0 aromatic carbocycles. The summed E-state index contributed by atoms with van der Waals surface area (Å²) >= 11 is 0. The quantitative estimate of drug-likeness (QED) is 0.567. The van der Waals surface area contributed by atoms with E-state index in [0.717, 1.165) is 25.3 Å². The first-order valence-electron chi connectivity index (χ1n) is 8.58. The molecule has 22 heavy (non-hydrogen) atoms. The molecule has 0 aromatic heterocycles. The summed E-state index contributed by atoms with van der Waals surface area (Å²) in [5.74, 6) is 0.562. The predicted molar refractivity (Wildman–Crippen MR) is 96.2 cm³/mol. The van der Waals surface area contributed by atoms with Crippen LogP contribution in [-0.4, -0.2) is 21.5 Å². The lowest BCUT2D eigenvalue weighted by Gasteiger charge is -2.25. The van der Waals surface area contributed by atoms with E-state index in [2.05, 4.69) is 64.2 Å². The molecule has 3 heteroatoms. The van der Waals surface area contributed by atoms with E-state index >= 15 is 0 Å². The van der Waals surface area contributed by atoms with Gasteiger partial charge >= 0.3 is 9.28 Å². The van der Waals surface area contributed by atoms with Gasteiger partial charge in [-0.1, -0.05) is 47.6 Å². The monoisotopic (exact) mass is 318 g/mol. The minimum absolute atomic E-state index is 0.258. The first kappa shape index (κ1) is 17.5. The van der Waals surface area contributed by atoms with Crippen LogP contribution in [0, 0.1) is 5.92 Å². The Hall–Kier alpha value is -0.903. The third-order valence-electron chi connectivity index (χ3n) is 4.03. The molecule has 0 amide bonds. The lowest BCUT2D eigenvalue weighted by atomic mass is 9.87. The number of rotatable bonds is 9. The highest BCUT2D eigenvalue weighted by atomic mass is 28.3. The molecule has 0 heterocycles. The van der Waals surface area contributed by atoms with Crippen molar-refractivity contribution in [2.45, 2.75) is 65.2 Å². The summed E-state index contributed by atoms with van der Waals surface area (Å²) in [6.45, 7) is 8.42. The van der Waals surface area contributed by atoms with Gasteiger partial charge in [-0.2, -0.15) is 0 Å². The Morgan fingerprint density at radius 3 is 1.77 bits per heavy atom. The van der Waals surface area contributed by atoms with E-state index in [1.807, 2.05) is 0 Å². The van der Waals surface area contributed by atoms with Crippen LogP contribution in [0.5, 0.6) is 0 Å². The molecule has 0 saturated heterocycles. The Morgan fingerprint density at radius 2 is 1.41 bits per heavy atom. The van der Waals surface area contributed by atoms with Crippen molar-refractivity contribution in [1.82, 2.24) is 0 Å². The first-order valence-corrected chi connectivity index (χ1v) is 10.3. The van der Waals surface area contributed by atoms with E-state index in [4.69, 9.17) is 8.85 Å². The number of hydrogen-bond donors (Lipinski definition) is 0. The van der Waals surface area contributed by atoms with Crippen LogP contribution in [0.25, 0.3) is 0 Å². The maximum atomic E-state index is 6.08. The normalized spacial score (nSPS) is 17.5. The molecular weight excluding hydrogens is 288 g/mol. The first-order chi connectivity index (χ1) is 10.6. The molecule has 0 unspecified atom stereocenters. The highest BCUT2D eigenvalue weighted by Gasteiger charge is 2.24. The van der Waals surface area contributed by atoms with Crippen molar-refractivity contribution in [3.05, 3.63) is 47.6 Å². The third-order valence-corrected chi connectivity index (χ3v) is 6.53. The smallest absolute Gasteiger partial charge is 0.321 e. The summed E-state index contributed by atoms with van der Waals surface area (Å²) in [6, 6.07) is 1.08. The maximum absolute atomic E-state index is 6.08. The highest BCUT2D eigenvalue weighted by molar-refractivity contribution is 6.44. The van der Waals surface area contributed by atoms with E-state index in [1.165, 1.54) is 0 Å². The van der Waals surface area contributed by atoms with E-state index in [0.29, 0.717) is 5.92 Å². The van der Waals surface area contributed by atoms with Gasteiger partial charge in [0.05, 0.1) is 0 Å². The topological polar surface area (TPSA) is 18.5 Å². The summed E-state index contributed by atoms with van der Waals surface area (Å²) < 4.78 is 12.2. The van der Waals surface area contributed by atoms with Gasteiger partial charge in [-0.15, -0.1) is 0 Å². The van der Waals surface area contributed by atoms with Crippen molar-refractivity contribution >= 4 is 9.28 Å². The molecule has 0 N–H and O–H groups in total. The van der Waals surface area contributed by atoms with Crippen molar-refractivity contribution in [2.75, 3.05) is 0 Å². The predicted octanol–water partition coefficient (Wildman–Crippen LogP) is 4.84. The molecule has 0 aliphatic heterocycles. The van der Waals surface area contributed by atoms with Crippen molar-refractivity contribution in [3.8, 4) is 0 Å². The fraction of sp³-hybridized carbons (Fsp3) is 0.579. The Morgan fingerprint density at radius 1 is 0.909 bits per heavy atom. The van der Waals surface area contributed by atoms with Crippen LogP contribution in [0.1, 0.15) is 47.0 Å². The fourth-order valence-corrected chi connectivity index (χ4v) is 5.29. The molecule has 2 aliphatic carbocycles. The molecule has 0 spiro atoms. The molecule has 0 atom stereocenters. The molecule has 122 valence electrons. The average molecular weight is 319 g/mol. The molecule has 0 saturated carbocycles. The van der Waals surface area contributed by atoms with Crippen LogP contribution in [0.15, 0.2) is 47.6 Å². The third kappa shape index (κ3) is 5.38. The van der Waals surface area contributed by atoms with Gasteiger partial charge in [0.15, 0.2) is 0 Å². The van der Waals surface area contributed by atoms with Gasteiger partial charge in [0.1, 0.15) is 0 Å². The number of allylic oxidation sites excluding steroid dienone is 8. The summed E-state index contributed by atoms with van der Waals surface area (Å²) in [6.07, 6.45) is 17.4. The lowest BCUT2D eigenvalue weighted by Crippen LogP contribution is -2.30. The minimum Gasteiger partial charge on any atom is -0.394 e. The van der Waals surface area contributed by atoms with Crippen LogP contribution in [0.3, 0.4) is 0 Å². The number of hydrogen-bond acceptors (Lipinski definition) is 2.